The van der Waals surface area contributed by atoms with Crippen LogP contribution in [0.5, 0.6) is 11.5 Å². The maximum Gasteiger partial charge on any atom is 0.293 e. The van der Waals surface area contributed by atoms with Crippen LogP contribution in [0.4, 0.5) is 4.79 Å². The molecule has 2 aromatic rings. The van der Waals surface area contributed by atoms with Crippen molar-refractivity contribution in [3.8, 4) is 11.5 Å². The molecule has 3 rings (SSSR count). The molecule has 0 saturated carbocycles. The van der Waals surface area contributed by atoms with Gasteiger partial charge in [-0.3, -0.25) is 14.5 Å². The van der Waals surface area contributed by atoms with Crippen LogP contribution < -0.4 is 0 Å². The zero-order chi connectivity index (χ0) is 19.0. The van der Waals surface area contributed by atoms with Crippen molar-refractivity contribution in [2.75, 3.05) is 0 Å². The Labute approximate surface area is 171 Å². The minimum atomic E-state index is -0.416. The minimum Gasteiger partial charge on any atom is -0.506 e. The molecule has 2 N–H and O–H groups in total. The van der Waals surface area contributed by atoms with Crippen molar-refractivity contribution in [1.82, 2.24) is 4.90 Å². The summed E-state index contributed by atoms with van der Waals surface area (Å²) in [4.78, 5) is 26.2. The number of aryl methyl sites for hydroxylation is 1. The van der Waals surface area contributed by atoms with Gasteiger partial charge < -0.3 is 10.2 Å². The molecule has 0 radical (unpaired) electrons. The zero-order valence-electron chi connectivity index (χ0n) is 13.5. The van der Waals surface area contributed by atoms with Gasteiger partial charge in [0, 0.05) is 5.56 Å². The van der Waals surface area contributed by atoms with Crippen molar-refractivity contribution in [3.63, 3.8) is 0 Å². The Hall–Kier alpha value is -1.77. The summed E-state index contributed by atoms with van der Waals surface area (Å²) < 4.78 is 0.462. The summed E-state index contributed by atoms with van der Waals surface area (Å²) in [5, 5.41) is 19.6. The second-order valence-electron chi connectivity index (χ2n) is 5.71. The summed E-state index contributed by atoms with van der Waals surface area (Å²) in [6, 6.07) is 9.08. The van der Waals surface area contributed by atoms with Crippen LogP contribution in [0, 0.1) is 6.92 Å². The summed E-state index contributed by atoms with van der Waals surface area (Å²) in [6.45, 7) is 2.16. The molecule has 2 amide bonds. The molecule has 0 bridgehead atoms. The number of hydrogen-bond acceptors (Lipinski definition) is 5. The van der Waals surface area contributed by atoms with Crippen molar-refractivity contribution < 1.29 is 19.8 Å². The fourth-order valence-corrected chi connectivity index (χ4v) is 4.36. The van der Waals surface area contributed by atoms with E-state index >= 15 is 0 Å². The number of nitrogens with zero attached hydrogens (tertiary/aromatic N) is 1. The van der Waals surface area contributed by atoms with Gasteiger partial charge in [-0.2, -0.15) is 0 Å². The number of benzene rings is 2. The number of aromatic hydroxyl groups is 2. The number of hydrogen-bond donors (Lipinski definition) is 2. The number of halogens is 2. The van der Waals surface area contributed by atoms with Gasteiger partial charge in [-0.1, -0.05) is 29.8 Å². The Morgan fingerprint density at radius 1 is 1.12 bits per heavy atom. The third-order valence-corrected chi connectivity index (χ3v) is 6.08. The van der Waals surface area contributed by atoms with Crippen molar-refractivity contribution in [2.24, 2.45) is 0 Å². The zero-order valence-corrected chi connectivity index (χ0v) is 17.5. The molecular formula is C18H13Br2NO4S. The molecule has 1 saturated heterocycles. The molecule has 0 unspecified atom stereocenters. The average Bonchev–Trinajstić information content (AvgIpc) is 2.87. The van der Waals surface area contributed by atoms with Gasteiger partial charge in [-0.05, 0) is 68.3 Å². The van der Waals surface area contributed by atoms with Crippen LogP contribution in [0.25, 0.3) is 6.08 Å². The lowest BCUT2D eigenvalue weighted by Crippen LogP contribution is -2.27. The quantitative estimate of drug-likeness (QED) is 0.571. The lowest BCUT2D eigenvalue weighted by molar-refractivity contribution is -0.123. The smallest absolute Gasteiger partial charge is 0.293 e. The number of phenols is 2. The predicted molar refractivity (Wildman–Crippen MR) is 108 cm³/mol. The van der Waals surface area contributed by atoms with E-state index in [4.69, 9.17) is 0 Å². The summed E-state index contributed by atoms with van der Waals surface area (Å²) in [7, 11) is 0. The van der Waals surface area contributed by atoms with E-state index in [0.29, 0.717) is 10.0 Å². The molecule has 26 heavy (non-hydrogen) atoms. The van der Waals surface area contributed by atoms with Crippen molar-refractivity contribution in [2.45, 2.75) is 13.5 Å². The average molecular weight is 499 g/mol. The highest BCUT2D eigenvalue weighted by atomic mass is 79.9. The van der Waals surface area contributed by atoms with E-state index in [1.54, 1.807) is 0 Å². The van der Waals surface area contributed by atoms with Crippen LogP contribution in [0.15, 0.2) is 44.2 Å². The van der Waals surface area contributed by atoms with Gasteiger partial charge in [-0.25, -0.2) is 0 Å². The summed E-state index contributed by atoms with van der Waals surface area (Å²) in [5.74, 6) is -0.775. The number of thioether (sulfide) groups is 1. The van der Waals surface area contributed by atoms with Crippen LogP contribution in [0.1, 0.15) is 16.7 Å². The predicted octanol–water partition coefficient (Wildman–Crippen LogP) is 5.17. The third kappa shape index (κ3) is 3.67. The van der Waals surface area contributed by atoms with E-state index in [-0.39, 0.29) is 32.7 Å². The van der Waals surface area contributed by atoms with Gasteiger partial charge in [0.2, 0.25) is 0 Å². The minimum absolute atomic E-state index is 0.108. The number of phenolic OH excluding ortho intramolecular Hbond substituents is 2. The van der Waals surface area contributed by atoms with Gasteiger partial charge in [0.1, 0.15) is 16.0 Å². The Bertz CT molecular complexity index is 941. The lowest BCUT2D eigenvalue weighted by Gasteiger charge is -2.12. The maximum absolute atomic E-state index is 12.6. The molecule has 0 aliphatic carbocycles. The van der Waals surface area contributed by atoms with E-state index in [0.717, 1.165) is 22.9 Å². The fraction of sp³-hybridized carbons (Fsp3) is 0.111. The summed E-state index contributed by atoms with van der Waals surface area (Å²) >= 11 is 7.09. The highest BCUT2D eigenvalue weighted by Gasteiger charge is 2.35. The van der Waals surface area contributed by atoms with Crippen LogP contribution in [-0.2, 0) is 11.3 Å². The molecule has 2 aromatic carbocycles. The van der Waals surface area contributed by atoms with Crippen molar-refractivity contribution >= 4 is 60.8 Å². The molecule has 0 aromatic heterocycles. The normalized spacial score (nSPS) is 16.0. The van der Waals surface area contributed by atoms with Crippen LogP contribution in [0.3, 0.4) is 0 Å². The fourth-order valence-electron chi connectivity index (χ4n) is 2.38. The SMILES string of the molecule is Cc1ccc(CN2C(=O)S/C(=C\c3cc(Br)c(O)c(Br)c3O)C2=O)cc1. The van der Waals surface area contributed by atoms with E-state index in [1.165, 1.54) is 17.0 Å². The van der Waals surface area contributed by atoms with Crippen molar-refractivity contribution in [3.05, 3.63) is 60.9 Å². The molecule has 1 heterocycles. The topological polar surface area (TPSA) is 77.8 Å². The highest BCUT2D eigenvalue weighted by Crippen LogP contribution is 2.43. The highest BCUT2D eigenvalue weighted by molar-refractivity contribution is 9.11. The van der Waals surface area contributed by atoms with Crippen LogP contribution >= 0.6 is 43.6 Å². The Morgan fingerprint density at radius 2 is 1.77 bits per heavy atom. The van der Waals surface area contributed by atoms with E-state index in [2.05, 4.69) is 31.9 Å². The second-order valence-corrected chi connectivity index (χ2v) is 8.35. The van der Waals surface area contributed by atoms with Crippen LogP contribution in [0.2, 0.25) is 0 Å². The molecule has 1 aliphatic heterocycles. The molecule has 0 spiro atoms. The van der Waals surface area contributed by atoms with Gasteiger partial charge in [0.15, 0.2) is 0 Å². The lowest BCUT2D eigenvalue weighted by atomic mass is 10.1. The first-order valence-electron chi connectivity index (χ1n) is 7.48. The number of amides is 2. The Kier molecular flexibility index (Phi) is 5.45. The maximum atomic E-state index is 12.6. The third-order valence-electron chi connectivity index (χ3n) is 3.82. The monoisotopic (exact) mass is 497 g/mol. The molecule has 0 atom stereocenters. The molecule has 134 valence electrons. The van der Waals surface area contributed by atoms with Gasteiger partial charge >= 0.3 is 0 Å². The molecule has 1 fully saturated rings. The van der Waals surface area contributed by atoms with E-state index in [1.807, 2.05) is 31.2 Å². The standard InChI is InChI=1S/C18H13Br2NO4S/c1-9-2-4-10(5-3-9)8-21-17(24)13(26-18(21)25)7-11-6-12(19)16(23)14(20)15(11)22/h2-7,22-23H,8H2,1H3/b13-7-. The van der Waals surface area contributed by atoms with Gasteiger partial charge in [0.05, 0.1) is 15.9 Å². The molecule has 5 nitrogen and oxygen atoms in total. The first kappa shape index (κ1) is 19.0. The number of imide groups is 1. The number of rotatable bonds is 3. The van der Waals surface area contributed by atoms with E-state index in [9.17, 15) is 19.8 Å². The Balaban J connectivity index is 1.89. The number of carbonyl (C=O) groups is 2. The van der Waals surface area contributed by atoms with Gasteiger partial charge in [0.25, 0.3) is 11.1 Å². The molecule has 1 aliphatic rings. The molecular weight excluding hydrogens is 486 g/mol. The summed E-state index contributed by atoms with van der Waals surface area (Å²) in [5.41, 5.74) is 2.27. The van der Waals surface area contributed by atoms with Crippen molar-refractivity contribution in [1.29, 1.82) is 0 Å². The first-order valence-corrected chi connectivity index (χ1v) is 9.89. The Morgan fingerprint density at radius 3 is 2.42 bits per heavy atom. The summed E-state index contributed by atoms with van der Waals surface area (Å²) in [6.07, 6.45) is 1.43. The molecule has 8 heteroatoms. The first-order chi connectivity index (χ1) is 12.3. The number of carbonyl (C=O) groups excluding carboxylic acids is 2. The van der Waals surface area contributed by atoms with Crippen LogP contribution in [-0.4, -0.2) is 26.3 Å². The second kappa shape index (κ2) is 7.46. The van der Waals surface area contributed by atoms with E-state index < -0.39 is 5.91 Å². The van der Waals surface area contributed by atoms with Gasteiger partial charge in [-0.15, -0.1) is 0 Å². The largest absolute Gasteiger partial charge is 0.506 e.